The average molecular weight is 413 g/mol. The van der Waals surface area contributed by atoms with Gasteiger partial charge in [0.15, 0.2) is 5.82 Å². The molecule has 1 aromatic carbocycles. The first kappa shape index (κ1) is 19.5. The summed E-state index contributed by atoms with van der Waals surface area (Å²) in [5, 5.41) is 7.36. The molecule has 1 aromatic heterocycles. The van der Waals surface area contributed by atoms with Gasteiger partial charge in [0.25, 0.3) is 10.0 Å². The minimum Gasteiger partial charge on any atom is -0.444 e. The van der Waals surface area contributed by atoms with E-state index in [1.807, 2.05) is 0 Å². The molecule has 146 valence electrons. The van der Waals surface area contributed by atoms with E-state index in [1.54, 1.807) is 20.8 Å². The maximum atomic E-state index is 12.6. The lowest BCUT2D eigenvalue weighted by molar-refractivity contribution is 0.0224. The van der Waals surface area contributed by atoms with Crippen molar-refractivity contribution in [1.29, 1.82) is 0 Å². The Morgan fingerprint density at radius 1 is 1.30 bits per heavy atom. The number of aromatic amines is 1. The summed E-state index contributed by atoms with van der Waals surface area (Å²) in [5.41, 5.74) is 0.820. The fourth-order valence-corrected chi connectivity index (χ4v) is 3.82. The topological polar surface area (TPSA) is 104 Å². The first-order chi connectivity index (χ1) is 12.5. The van der Waals surface area contributed by atoms with E-state index in [9.17, 15) is 13.2 Å². The molecule has 2 heterocycles. The Bertz CT molecular complexity index is 948. The molecule has 0 spiro atoms. The molecule has 0 aliphatic carbocycles. The fraction of sp³-hybridized carbons (Fsp3) is 0.412. The SMILES string of the molecule is CC(C)(C)OC(=O)N1CCc2[nH]nc(NS(=O)(=O)c3ccc(Cl)cc3)c2C1. The van der Waals surface area contributed by atoms with Crippen LogP contribution in [0.4, 0.5) is 10.6 Å². The standard InChI is InChI=1S/C17H21ClN4O4S/c1-17(2,3)26-16(23)22-9-8-14-13(10-22)15(20-19-14)21-27(24,25)12-6-4-11(18)5-7-12/h4-7H,8-10H2,1-3H3,(H2,19,20,21). The van der Waals surface area contributed by atoms with Crippen LogP contribution in [0.25, 0.3) is 0 Å². The molecule has 0 atom stereocenters. The van der Waals surface area contributed by atoms with Crippen molar-refractivity contribution in [1.82, 2.24) is 15.1 Å². The summed E-state index contributed by atoms with van der Waals surface area (Å²) in [6, 6.07) is 5.83. The Morgan fingerprint density at radius 3 is 2.59 bits per heavy atom. The summed E-state index contributed by atoms with van der Waals surface area (Å²) < 4.78 is 33.0. The number of carbonyl (C=O) groups excluding carboxylic acids is 1. The third-order valence-electron chi connectivity index (χ3n) is 3.94. The van der Waals surface area contributed by atoms with Gasteiger partial charge in [-0.15, -0.1) is 0 Å². The maximum absolute atomic E-state index is 12.6. The van der Waals surface area contributed by atoms with Gasteiger partial charge in [0.05, 0.1) is 11.4 Å². The number of rotatable bonds is 3. The minimum absolute atomic E-state index is 0.0726. The highest BCUT2D eigenvalue weighted by Gasteiger charge is 2.30. The average Bonchev–Trinajstić information content (AvgIpc) is 2.95. The number of ether oxygens (including phenoxy) is 1. The third kappa shape index (κ3) is 4.54. The number of nitrogens with one attached hydrogen (secondary N) is 2. The van der Waals surface area contributed by atoms with Crippen LogP contribution >= 0.6 is 11.6 Å². The summed E-state index contributed by atoms with van der Waals surface area (Å²) in [7, 11) is -3.83. The molecule has 0 fully saturated rings. The molecule has 1 aliphatic rings. The number of carbonyl (C=O) groups is 1. The minimum atomic E-state index is -3.83. The Balaban J connectivity index is 1.80. The normalized spacial score (nSPS) is 14.6. The van der Waals surface area contributed by atoms with Crippen molar-refractivity contribution >= 4 is 33.5 Å². The predicted octanol–water partition coefficient (Wildman–Crippen LogP) is 3.16. The highest BCUT2D eigenvalue weighted by atomic mass is 35.5. The van der Waals surface area contributed by atoms with E-state index in [-0.39, 0.29) is 17.3 Å². The number of benzene rings is 1. The summed E-state index contributed by atoms with van der Waals surface area (Å²) in [6.45, 7) is 6.06. The van der Waals surface area contributed by atoms with Crippen LogP contribution in [0.5, 0.6) is 0 Å². The molecule has 27 heavy (non-hydrogen) atoms. The van der Waals surface area contributed by atoms with Crippen LogP contribution in [0.15, 0.2) is 29.2 Å². The van der Waals surface area contributed by atoms with Gasteiger partial charge in [-0.25, -0.2) is 13.2 Å². The zero-order valence-corrected chi connectivity index (χ0v) is 16.8. The Kier molecular flexibility index (Phi) is 5.09. The lowest BCUT2D eigenvalue weighted by atomic mass is 10.1. The fourth-order valence-electron chi connectivity index (χ4n) is 2.66. The van der Waals surface area contributed by atoms with Crippen LogP contribution in [-0.2, 0) is 27.7 Å². The van der Waals surface area contributed by atoms with Gasteiger partial charge < -0.3 is 9.64 Å². The van der Waals surface area contributed by atoms with Gasteiger partial charge in [0.2, 0.25) is 0 Å². The third-order valence-corrected chi connectivity index (χ3v) is 5.55. The summed E-state index contributed by atoms with van der Waals surface area (Å²) >= 11 is 5.81. The van der Waals surface area contributed by atoms with Gasteiger partial charge in [0, 0.05) is 29.2 Å². The van der Waals surface area contributed by atoms with Crippen LogP contribution in [0.1, 0.15) is 32.0 Å². The molecular formula is C17H21ClN4O4S. The van der Waals surface area contributed by atoms with Crippen LogP contribution < -0.4 is 4.72 Å². The van der Waals surface area contributed by atoms with Gasteiger partial charge >= 0.3 is 6.09 Å². The molecule has 0 saturated heterocycles. The predicted molar refractivity (Wildman–Crippen MR) is 101 cm³/mol. The van der Waals surface area contributed by atoms with Crippen LogP contribution in [0.3, 0.4) is 0 Å². The number of anilines is 1. The number of hydrogen-bond donors (Lipinski definition) is 2. The summed E-state index contributed by atoms with van der Waals surface area (Å²) in [4.78, 5) is 13.9. The molecule has 0 bridgehead atoms. The molecule has 2 N–H and O–H groups in total. The molecule has 0 unspecified atom stereocenters. The van der Waals surface area contributed by atoms with E-state index in [2.05, 4.69) is 14.9 Å². The van der Waals surface area contributed by atoms with Gasteiger partial charge in [-0.2, -0.15) is 5.10 Å². The van der Waals surface area contributed by atoms with Crippen LogP contribution in [-0.4, -0.2) is 41.8 Å². The van der Waals surface area contributed by atoms with Crippen molar-refractivity contribution < 1.29 is 17.9 Å². The highest BCUT2D eigenvalue weighted by molar-refractivity contribution is 7.92. The van der Waals surface area contributed by atoms with Gasteiger partial charge in [-0.3, -0.25) is 9.82 Å². The second kappa shape index (κ2) is 7.05. The van der Waals surface area contributed by atoms with Crippen molar-refractivity contribution in [3.8, 4) is 0 Å². The van der Waals surface area contributed by atoms with E-state index < -0.39 is 21.7 Å². The molecule has 3 rings (SSSR count). The zero-order chi connectivity index (χ0) is 19.8. The van der Waals surface area contributed by atoms with E-state index >= 15 is 0 Å². The van der Waals surface area contributed by atoms with Gasteiger partial charge in [-0.05, 0) is 45.0 Å². The number of amides is 1. The zero-order valence-electron chi connectivity index (χ0n) is 15.2. The number of hydrogen-bond acceptors (Lipinski definition) is 5. The molecule has 1 aliphatic heterocycles. The van der Waals surface area contributed by atoms with E-state index in [4.69, 9.17) is 16.3 Å². The van der Waals surface area contributed by atoms with Crippen molar-refractivity contribution in [3.05, 3.63) is 40.5 Å². The van der Waals surface area contributed by atoms with Crippen LogP contribution in [0.2, 0.25) is 5.02 Å². The van der Waals surface area contributed by atoms with Crippen molar-refractivity contribution in [2.45, 2.75) is 44.2 Å². The lowest BCUT2D eigenvalue weighted by Gasteiger charge is -2.30. The smallest absolute Gasteiger partial charge is 0.410 e. The highest BCUT2D eigenvalue weighted by Crippen LogP contribution is 2.27. The maximum Gasteiger partial charge on any atom is 0.410 e. The monoisotopic (exact) mass is 412 g/mol. The number of halogens is 1. The lowest BCUT2D eigenvalue weighted by Crippen LogP contribution is -2.40. The summed E-state index contributed by atoms with van der Waals surface area (Å²) in [5.74, 6) is 0.174. The van der Waals surface area contributed by atoms with Crippen molar-refractivity contribution in [2.75, 3.05) is 11.3 Å². The molecule has 0 radical (unpaired) electrons. The number of sulfonamides is 1. The summed E-state index contributed by atoms with van der Waals surface area (Å²) in [6.07, 6.45) is 0.0883. The van der Waals surface area contributed by atoms with E-state index in [0.717, 1.165) is 5.69 Å². The molecule has 2 aromatic rings. The Labute approximate surface area is 162 Å². The first-order valence-electron chi connectivity index (χ1n) is 8.37. The van der Waals surface area contributed by atoms with E-state index in [1.165, 1.54) is 29.2 Å². The molecule has 10 heteroatoms. The van der Waals surface area contributed by atoms with Crippen molar-refractivity contribution in [3.63, 3.8) is 0 Å². The molecular weight excluding hydrogens is 392 g/mol. The largest absolute Gasteiger partial charge is 0.444 e. The Morgan fingerprint density at radius 2 is 1.96 bits per heavy atom. The van der Waals surface area contributed by atoms with Crippen LogP contribution in [0, 0.1) is 0 Å². The second-order valence-electron chi connectivity index (χ2n) is 7.24. The van der Waals surface area contributed by atoms with Crippen molar-refractivity contribution in [2.24, 2.45) is 0 Å². The van der Waals surface area contributed by atoms with E-state index in [0.29, 0.717) is 23.6 Å². The second-order valence-corrected chi connectivity index (χ2v) is 9.36. The number of fused-ring (bicyclic) bond motifs is 1. The number of H-pyrrole nitrogens is 1. The Hall–Kier alpha value is -2.26. The van der Waals surface area contributed by atoms with Gasteiger partial charge in [0.1, 0.15) is 5.60 Å². The quantitative estimate of drug-likeness (QED) is 0.805. The molecule has 0 saturated carbocycles. The van der Waals surface area contributed by atoms with Gasteiger partial charge in [-0.1, -0.05) is 11.6 Å². The number of aromatic nitrogens is 2. The molecule has 8 nitrogen and oxygen atoms in total. The number of nitrogens with zero attached hydrogens (tertiary/aromatic N) is 2. The first-order valence-corrected chi connectivity index (χ1v) is 10.2. The molecule has 1 amide bonds.